The van der Waals surface area contributed by atoms with E-state index in [-0.39, 0.29) is 6.10 Å². The summed E-state index contributed by atoms with van der Waals surface area (Å²) in [5.41, 5.74) is 6.48. The fourth-order valence-electron chi connectivity index (χ4n) is 1.47. The highest BCUT2D eigenvalue weighted by Crippen LogP contribution is 2.22. The Morgan fingerprint density at radius 1 is 1.39 bits per heavy atom. The molecular weight excluding hydrogens is 234 g/mol. The first-order valence-corrected chi connectivity index (χ1v) is 5.72. The molecule has 1 aromatic rings. The van der Waals surface area contributed by atoms with Crippen LogP contribution in [-0.2, 0) is 9.47 Å². The maximum Gasteiger partial charge on any atom is 0.342 e. The summed E-state index contributed by atoms with van der Waals surface area (Å²) >= 11 is 0. The first kappa shape index (κ1) is 14.3. The van der Waals surface area contributed by atoms with E-state index in [2.05, 4.69) is 0 Å². The minimum Gasteiger partial charge on any atom is -0.496 e. The van der Waals surface area contributed by atoms with E-state index in [0.717, 1.165) is 0 Å². The quantitative estimate of drug-likeness (QED) is 0.619. The van der Waals surface area contributed by atoms with Gasteiger partial charge in [0.15, 0.2) is 0 Å². The molecule has 5 nitrogen and oxygen atoms in total. The van der Waals surface area contributed by atoms with E-state index in [9.17, 15) is 4.79 Å². The van der Waals surface area contributed by atoms with Gasteiger partial charge < -0.3 is 19.9 Å². The second-order valence-corrected chi connectivity index (χ2v) is 3.96. The second-order valence-electron chi connectivity index (χ2n) is 3.96. The lowest BCUT2D eigenvalue weighted by Crippen LogP contribution is -2.17. The maximum absolute atomic E-state index is 12.0. The smallest absolute Gasteiger partial charge is 0.342 e. The Morgan fingerprint density at radius 2 is 2.11 bits per heavy atom. The van der Waals surface area contributed by atoms with Crippen LogP contribution in [0.2, 0.25) is 0 Å². The minimum atomic E-state index is -0.442. The molecule has 0 amide bonds. The third kappa shape index (κ3) is 3.92. The van der Waals surface area contributed by atoms with Gasteiger partial charge in [-0.3, -0.25) is 0 Å². The Kier molecular flexibility index (Phi) is 5.45. The molecule has 0 saturated carbocycles. The number of nitrogen functional groups attached to an aromatic ring is 1. The highest BCUT2D eigenvalue weighted by molar-refractivity contribution is 5.93. The first-order chi connectivity index (χ1) is 8.58. The van der Waals surface area contributed by atoms with Crippen LogP contribution in [0.1, 0.15) is 23.7 Å². The van der Waals surface area contributed by atoms with Crippen molar-refractivity contribution in [1.82, 2.24) is 0 Å². The summed E-state index contributed by atoms with van der Waals surface area (Å²) in [7, 11) is 3.10. The third-order valence-corrected chi connectivity index (χ3v) is 2.48. The van der Waals surface area contributed by atoms with Crippen LogP contribution in [0.25, 0.3) is 0 Å². The van der Waals surface area contributed by atoms with Crippen LogP contribution >= 0.6 is 0 Å². The molecule has 1 atom stereocenters. The van der Waals surface area contributed by atoms with Crippen LogP contribution in [0.4, 0.5) is 5.69 Å². The van der Waals surface area contributed by atoms with Crippen molar-refractivity contribution in [2.75, 3.05) is 26.6 Å². The average molecular weight is 253 g/mol. The molecule has 0 spiro atoms. The molecule has 0 heterocycles. The van der Waals surface area contributed by atoms with E-state index in [1.54, 1.807) is 25.3 Å². The summed E-state index contributed by atoms with van der Waals surface area (Å²) in [6, 6.07) is 4.86. The number of benzene rings is 1. The fourth-order valence-corrected chi connectivity index (χ4v) is 1.47. The van der Waals surface area contributed by atoms with Crippen LogP contribution in [0, 0.1) is 0 Å². The first-order valence-electron chi connectivity index (χ1n) is 5.72. The van der Waals surface area contributed by atoms with Crippen LogP contribution < -0.4 is 10.5 Å². The molecule has 0 fully saturated rings. The third-order valence-electron chi connectivity index (χ3n) is 2.48. The zero-order valence-electron chi connectivity index (χ0n) is 10.9. The van der Waals surface area contributed by atoms with Crippen molar-refractivity contribution >= 4 is 11.7 Å². The van der Waals surface area contributed by atoms with Crippen LogP contribution in [0.3, 0.4) is 0 Å². The average Bonchev–Trinajstić information content (AvgIpc) is 2.36. The van der Waals surface area contributed by atoms with Gasteiger partial charge in [-0.15, -0.1) is 0 Å². The Bertz CT molecular complexity index is 406. The topological polar surface area (TPSA) is 70.8 Å². The summed E-state index contributed by atoms with van der Waals surface area (Å²) in [5, 5.41) is 0. The van der Waals surface area contributed by atoms with Gasteiger partial charge in [0, 0.05) is 25.8 Å². The summed E-state index contributed by atoms with van der Waals surface area (Å²) in [6.07, 6.45) is 0.427. The van der Waals surface area contributed by atoms with Gasteiger partial charge in [0.05, 0.1) is 7.11 Å². The Balaban J connectivity index is 2.74. The second kappa shape index (κ2) is 6.86. The van der Waals surface area contributed by atoms with Crippen molar-refractivity contribution in [2.24, 2.45) is 0 Å². The number of ether oxygens (including phenoxy) is 3. The number of nitrogens with two attached hydrogens (primary N) is 1. The molecule has 1 rings (SSSR count). The van der Waals surface area contributed by atoms with Gasteiger partial charge in [-0.2, -0.15) is 0 Å². The molecule has 0 radical (unpaired) electrons. The van der Waals surface area contributed by atoms with Crippen LogP contribution in [0.5, 0.6) is 5.75 Å². The number of hydrogen-bond donors (Lipinski definition) is 1. The van der Waals surface area contributed by atoms with Crippen LogP contribution in [-0.4, -0.2) is 32.9 Å². The Morgan fingerprint density at radius 3 is 2.72 bits per heavy atom. The van der Waals surface area contributed by atoms with Gasteiger partial charge in [0.25, 0.3) is 0 Å². The monoisotopic (exact) mass is 253 g/mol. The van der Waals surface area contributed by atoms with E-state index >= 15 is 0 Å². The van der Waals surface area contributed by atoms with Crippen molar-refractivity contribution in [3.8, 4) is 5.75 Å². The molecule has 0 aliphatic heterocycles. The molecule has 5 heteroatoms. The predicted octanol–water partition coefficient (Wildman–Crippen LogP) is 1.86. The van der Waals surface area contributed by atoms with E-state index in [0.29, 0.717) is 30.0 Å². The lowest BCUT2D eigenvalue weighted by Gasteiger charge is -2.14. The Labute approximate surface area is 107 Å². The van der Waals surface area contributed by atoms with Crippen molar-refractivity contribution in [3.63, 3.8) is 0 Å². The number of methoxy groups -OCH3 is 2. The van der Waals surface area contributed by atoms with Crippen molar-refractivity contribution in [1.29, 1.82) is 0 Å². The number of carbonyl (C=O) groups excluding carboxylic acids is 1. The van der Waals surface area contributed by atoms with Crippen molar-refractivity contribution < 1.29 is 19.0 Å². The number of carbonyl (C=O) groups is 1. The zero-order chi connectivity index (χ0) is 13.5. The van der Waals surface area contributed by atoms with Gasteiger partial charge in [-0.1, -0.05) is 0 Å². The molecule has 1 aromatic carbocycles. The van der Waals surface area contributed by atoms with Crippen LogP contribution in [0.15, 0.2) is 18.2 Å². The van der Waals surface area contributed by atoms with E-state index in [1.807, 2.05) is 6.92 Å². The number of hydrogen-bond acceptors (Lipinski definition) is 5. The lowest BCUT2D eigenvalue weighted by molar-refractivity contribution is 0.0263. The zero-order valence-corrected chi connectivity index (χ0v) is 10.9. The number of rotatable bonds is 6. The van der Waals surface area contributed by atoms with Gasteiger partial charge in [0.1, 0.15) is 17.4 Å². The highest BCUT2D eigenvalue weighted by atomic mass is 16.5. The molecule has 0 aliphatic rings. The molecule has 2 N–H and O–H groups in total. The largest absolute Gasteiger partial charge is 0.496 e. The van der Waals surface area contributed by atoms with Crippen molar-refractivity contribution in [3.05, 3.63) is 23.8 Å². The summed E-state index contributed by atoms with van der Waals surface area (Å²) in [4.78, 5) is 12.0. The van der Waals surface area contributed by atoms with Gasteiger partial charge in [-0.05, 0) is 25.1 Å². The number of anilines is 1. The standard InChI is InChI=1S/C13H19NO4/c1-9(6-7-16-2)18-13(15)11-8-10(14)4-5-12(11)17-3/h4-5,8-9H,6-7,14H2,1-3H3. The summed E-state index contributed by atoms with van der Waals surface area (Å²) in [6.45, 7) is 2.36. The predicted molar refractivity (Wildman–Crippen MR) is 68.8 cm³/mol. The lowest BCUT2D eigenvalue weighted by atomic mass is 10.1. The Hall–Kier alpha value is -1.75. The minimum absolute atomic E-state index is 0.219. The molecule has 18 heavy (non-hydrogen) atoms. The van der Waals surface area contributed by atoms with Crippen molar-refractivity contribution in [2.45, 2.75) is 19.4 Å². The normalized spacial score (nSPS) is 11.9. The molecule has 0 aliphatic carbocycles. The summed E-state index contributed by atoms with van der Waals surface area (Å²) < 4.78 is 15.3. The molecule has 100 valence electrons. The highest BCUT2D eigenvalue weighted by Gasteiger charge is 2.16. The van der Waals surface area contributed by atoms with E-state index in [1.165, 1.54) is 7.11 Å². The van der Waals surface area contributed by atoms with Gasteiger partial charge in [-0.25, -0.2) is 4.79 Å². The number of esters is 1. The molecule has 1 unspecified atom stereocenters. The maximum atomic E-state index is 12.0. The molecule has 0 bridgehead atoms. The van der Waals surface area contributed by atoms with Gasteiger partial charge in [0.2, 0.25) is 0 Å². The van der Waals surface area contributed by atoms with E-state index in [4.69, 9.17) is 19.9 Å². The fraction of sp³-hybridized carbons (Fsp3) is 0.462. The SMILES string of the molecule is COCCC(C)OC(=O)c1cc(N)ccc1OC. The molecule has 0 saturated heterocycles. The van der Waals surface area contributed by atoms with E-state index < -0.39 is 5.97 Å². The molecular formula is C13H19NO4. The van der Waals surface area contributed by atoms with Gasteiger partial charge >= 0.3 is 5.97 Å². The molecule has 0 aromatic heterocycles. The summed E-state index contributed by atoms with van der Waals surface area (Å²) in [5.74, 6) is 0.0101.